The van der Waals surface area contributed by atoms with E-state index in [0.717, 1.165) is 25.9 Å². The number of aliphatic hydroxyl groups excluding tert-OH is 1. The van der Waals surface area contributed by atoms with Gasteiger partial charge in [0.2, 0.25) is 5.91 Å². The number of aliphatic hydroxyl groups is 1. The molecule has 34 heavy (non-hydrogen) atoms. The molecule has 0 spiro atoms. The number of hydrogen-bond acceptors (Lipinski definition) is 6. The number of nitrogens with zero attached hydrogens (tertiary/aromatic N) is 2. The predicted molar refractivity (Wildman–Crippen MR) is 134 cm³/mol. The third-order valence-corrected chi connectivity index (χ3v) is 6.06. The minimum absolute atomic E-state index is 0.0971. The maximum atomic E-state index is 13.1. The van der Waals surface area contributed by atoms with Crippen molar-refractivity contribution in [1.29, 1.82) is 0 Å². The summed E-state index contributed by atoms with van der Waals surface area (Å²) in [5, 5.41) is 15.8. The number of halogens is 1. The van der Waals surface area contributed by atoms with Crippen LogP contribution in [0.4, 0.5) is 11.5 Å². The topological polar surface area (TPSA) is 104 Å². The van der Waals surface area contributed by atoms with E-state index in [1.165, 1.54) is 19.4 Å². The molecule has 1 saturated heterocycles. The molecule has 3 N–H and O–H groups in total. The number of likely N-dealkylation sites (tertiary alicyclic amines) is 1. The molecule has 3 rings (SSSR count). The summed E-state index contributed by atoms with van der Waals surface area (Å²) in [6, 6.07) is 8.76. The van der Waals surface area contributed by atoms with Crippen molar-refractivity contribution in [2.75, 3.05) is 30.8 Å². The van der Waals surface area contributed by atoms with Crippen LogP contribution in [0.1, 0.15) is 42.6 Å². The maximum Gasteiger partial charge on any atom is 0.258 e. The molecule has 8 nitrogen and oxygen atoms in total. The molecule has 0 radical (unpaired) electrons. The second kappa shape index (κ2) is 12.1. The van der Waals surface area contributed by atoms with Gasteiger partial charge in [0.25, 0.3) is 5.91 Å². The number of ether oxygens (including phenoxy) is 1. The zero-order valence-corrected chi connectivity index (χ0v) is 20.4. The number of aromatic nitrogens is 1. The summed E-state index contributed by atoms with van der Waals surface area (Å²) in [5.41, 5.74) is 1.35. The first-order valence-corrected chi connectivity index (χ1v) is 11.7. The molecule has 1 atom stereocenters. The molecular weight excluding hydrogens is 456 g/mol. The number of piperidine rings is 1. The Bertz CT molecular complexity index is 1020. The van der Waals surface area contributed by atoms with Crippen molar-refractivity contribution >= 4 is 41.0 Å². The van der Waals surface area contributed by atoms with Gasteiger partial charge in [0.15, 0.2) is 6.29 Å². The van der Waals surface area contributed by atoms with Gasteiger partial charge in [-0.25, -0.2) is 4.98 Å². The molecule has 1 unspecified atom stereocenters. The quantitative estimate of drug-likeness (QED) is 0.487. The summed E-state index contributed by atoms with van der Waals surface area (Å²) in [5.74, 6) is -0.300. The normalized spacial score (nSPS) is 16.1. The van der Waals surface area contributed by atoms with Crippen LogP contribution in [0.3, 0.4) is 0 Å². The Morgan fingerprint density at radius 1 is 1.21 bits per heavy atom. The lowest BCUT2D eigenvalue weighted by molar-refractivity contribution is -0.121. The van der Waals surface area contributed by atoms with E-state index in [1.54, 1.807) is 36.4 Å². The highest BCUT2D eigenvalue weighted by atomic mass is 35.5. The lowest BCUT2D eigenvalue weighted by Gasteiger charge is -2.34. The van der Waals surface area contributed by atoms with Gasteiger partial charge in [0.05, 0.1) is 16.3 Å². The Morgan fingerprint density at radius 2 is 1.94 bits per heavy atom. The van der Waals surface area contributed by atoms with E-state index in [1.807, 2.05) is 0 Å². The number of hydrogen-bond donors (Lipinski definition) is 3. The van der Waals surface area contributed by atoms with E-state index in [-0.39, 0.29) is 17.4 Å². The van der Waals surface area contributed by atoms with Crippen molar-refractivity contribution in [3.8, 4) is 0 Å². The summed E-state index contributed by atoms with van der Waals surface area (Å²) < 4.78 is 4.81. The van der Waals surface area contributed by atoms with E-state index < -0.39 is 12.2 Å². The largest absolute Gasteiger partial charge is 0.365 e. The van der Waals surface area contributed by atoms with Crippen molar-refractivity contribution in [3.63, 3.8) is 0 Å². The Hall–Kier alpha value is -2.78. The molecule has 1 fully saturated rings. The minimum atomic E-state index is -1.06. The Balaban J connectivity index is 1.80. The molecule has 0 saturated carbocycles. The van der Waals surface area contributed by atoms with E-state index in [0.29, 0.717) is 28.1 Å². The highest BCUT2D eigenvalue weighted by molar-refractivity contribution is 6.30. The van der Waals surface area contributed by atoms with Crippen molar-refractivity contribution in [2.45, 2.75) is 39.0 Å². The van der Waals surface area contributed by atoms with Crippen LogP contribution in [0.5, 0.6) is 0 Å². The lowest BCUT2D eigenvalue weighted by atomic mass is 9.94. The summed E-state index contributed by atoms with van der Waals surface area (Å²) in [6.07, 6.45) is 5.02. The molecule has 0 bridgehead atoms. The maximum absolute atomic E-state index is 13.1. The van der Waals surface area contributed by atoms with Crippen LogP contribution in [0.25, 0.3) is 6.08 Å². The van der Waals surface area contributed by atoms with Crippen LogP contribution < -0.4 is 10.6 Å². The van der Waals surface area contributed by atoms with Crippen LogP contribution in [0, 0.1) is 5.92 Å². The third kappa shape index (κ3) is 7.11. The average Bonchev–Trinajstić information content (AvgIpc) is 2.84. The number of carbonyl (C=O) groups excluding carboxylic acids is 2. The van der Waals surface area contributed by atoms with Crippen molar-refractivity contribution in [2.24, 2.45) is 5.92 Å². The van der Waals surface area contributed by atoms with Crippen molar-refractivity contribution < 1.29 is 19.4 Å². The van der Waals surface area contributed by atoms with Crippen molar-refractivity contribution in [3.05, 3.63) is 58.8 Å². The van der Waals surface area contributed by atoms with E-state index >= 15 is 0 Å². The lowest BCUT2D eigenvalue weighted by Crippen LogP contribution is -2.41. The number of pyridine rings is 1. The fourth-order valence-corrected chi connectivity index (χ4v) is 3.89. The van der Waals surface area contributed by atoms with Crippen LogP contribution >= 0.6 is 11.6 Å². The van der Waals surface area contributed by atoms with Gasteiger partial charge in [0.1, 0.15) is 5.82 Å². The molecule has 1 aromatic heterocycles. The molecule has 1 aliphatic rings. The van der Waals surface area contributed by atoms with E-state index in [2.05, 4.69) is 34.4 Å². The first-order valence-electron chi connectivity index (χ1n) is 11.3. The average molecular weight is 487 g/mol. The second-order valence-electron chi connectivity index (χ2n) is 8.50. The molecule has 182 valence electrons. The number of methoxy groups -OCH3 is 1. The molecule has 1 aliphatic heterocycles. The number of anilines is 2. The number of benzene rings is 1. The Labute approximate surface area is 205 Å². The predicted octanol–water partition coefficient (Wildman–Crippen LogP) is 4.02. The number of amides is 2. The number of nitrogens with one attached hydrogen (secondary N) is 2. The summed E-state index contributed by atoms with van der Waals surface area (Å²) in [7, 11) is 1.39. The zero-order valence-electron chi connectivity index (χ0n) is 19.6. The summed E-state index contributed by atoms with van der Waals surface area (Å²) >= 11 is 5.88. The van der Waals surface area contributed by atoms with Gasteiger partial charge in [-0.3, -0.25) is 9.59 Å². The van der Waals surface area contributed by atoms with Crippen molar-refractivity contribution in [1.82, 2.24) is 9.88 Å². The monoisotopic (exact) mass is 486 g/mol. The van der Waals surface area contributed by atoms with Crippen LogP contribution in [0.2, 0.25) is 5.02 Å². The van der Waals surface area contributed by atoms with Gasteiger partial charge in [-0.05, 0) is 75.7 Å². The Morgan fingerprint density at radius 3 is 2.56 bits per heavy atom. The van der Waals surface area contributed by atoms with Crippen LogP contribution in [0.15, 0.2) is 42.6 Å². The number of carbonyl (C=O) groups is 2. The van der Waals surface area contributed by atoms with Crippen LogP contribution in [-0.2, 0) is 9.53 Å². The van der Waals surface area contributed by atoms with E-state index in [9.17, 15) is 14.7 Å². The molecule has 1 aromatic carbocycles. The zero-order chi connectivity index (χ0) is 24.7. The van der Waals surface area contributed by atoms with Gasteiger partial charge in [-0.2, -0.15) is 0 Å². The fraction of sp³-hybridized carbons (Fsp3) is 0.400. The van der Waals surface area contributed by atoms with Gasteiger partial charge in [-0.1, -0.05) is 23.7 Å². The smallest absolute Gasteiger partial charge is 0.258 e. The van der Waals surface area contributed by atoms with Gasteiger partial charge in [0, 0.05) is 25.3 Å². The molecule has 9 heteroatoms. The highest BCUT2D eigenvalue weighted by Crippen LogP contribution is 2.24. The standard InChI is InChI=1S/C25H31ClN4O4/c1-16(2)30-12-10-18(11-13-30)24(32)28-21-7-4-17(5-9-23(31)34-3)14-20(21)25(33)29-22-8-6-19(26)15-27-22/h4-9,14-16,18,23,31H,10-13H2,1-3H3,(H,28,32)(H,27,29,33). The van der Waals surface area contributed by atoms with E-state index in [4.69, 9.17) is 16.3 Å². The highest BCUT2D eigenvalue weighted by Gasteiger charge is 2.27. The van der Waals surface area contributed by atoms with Gasteiger partial charge in [-0.15, -0.1) is 0 Å². The molecule has 2 heterocycles. The minimum Gasteiger partial charge on any atom is -0.365 e. The van der Waals surface area contributed by atoms with Gasteiger partial charge >= 0.3 is 0 Å². The van der Waals surface area contributed by atoms with Gasteiger partial charge < -0.3 is 25.4 Å². The Kier molecular flexibility index (Phi) is 9.18. The fourth-order valence-electron chi connectivity index (χ4n) is 3.78. The summed E-state index contributed by atoms with van der Waals surface area (Å²) in [6.45, 7) is 6.05. The molecule has 0 aliphatic carbocycles. The first kappa shape index (κ1) is 25.8. The first-order chi connectivity index (χ1) is 16.3. The molecular formula is C25H31ClN4O4. The third-order valence-electron chi connectivity index (χ3n) is 5.84. The second-order valence-corrected chi connectivity index (χ2v) is 8.94. The number of rotatable bonds is 8. The van der Waals surface area contributed by atoms with Crippen LogP contribution in [-0.4, -0.2) is 59.3 Å². The summed E-state index contributed by atoms with van der Waals surface area (Å²) in [4.78, 5) is 32.6. The SMILES string of the molecule is COC(O)C=Cc1ccc(NC(=O)C2CCN(C(C)C)CC2)c(C(=O)Nc2ccc(Cl)cn2)c1. The molecule has 2 aromatic rings. The molecule has 2 amide bonds.